The molecule has 0 atom stereocenters. The molecule has 4 rings (SSSR count). The summed E-state index contributed by atoms with van der Waals surface area (Å²) < 4.78 is 5.87. The predicted octanol–water partition coefficient (Wildman–Crippen LogP) is 4.20. The van der Waals surface area contributed by atoms with E-state index in [0.717, 1.165) is 54.1 Å². The summed E-state index contributed by atoms with van der Waals surface area (Å²) in [6.07, 6.45) is 5.63. The Morgan fingerprint density at radius 3 is 2.25 bits per heavy atom. The van der Waals surface area contributed by atoms with E-state index in [1.165, 1.54) is 6.33 Å². The first-order chi connectivity index (χ1) is 13.7. The smallest absolute Gasteiger partial charge is 0.139 e. The van der Waals surface area contributed by atoms with Gasteiger partial charge >= 0.3 is 0 Å². The van der Waals surface area contributed by atoms with Crippen LogP contribution in [-0.4, -0.2) is 22.1 Å². The van der Waals surface area contributed by atoms with E-state index in [4.69, 9.17) is 16.2 Å². The van der Waals surface area contributed by atoms with E-state index < -0.39 is 0 Å². The van der Waals surface area contributed by atoms with E-state index in [0.29, 0.717) is 17.9 Å². The molecule has 144 valence electrons. The van der Waals surface area contributed by atoms with Gasteiger partial charge in [0.2, 0.25) is 0 Å². The molecule has 0 spiro atoms. The third kappa shape index (κ3) is 4.23. The average Bonchev–Trinajstić information content (AvgIpc) is 2.72. The van der Waals surface area contributed by atoms with Crippen molar-refractivity contribution in [1.82, 2.24) is 9.97 Å². The molecule has 1 aliphatic rings. The molecular formula is C22H25N5O. The number of nitrogens with two attached hydrogens (primary N) is 2. The van der Waals surface area contributed by atoms with Crippen LogP contribution in [0.5, 0.6) is 11.5 Å². The summed E-state index contributed by atoms with van der Waals surface area (Å²) in [6, 6.07) is 18.2. The summed E-state index contributed by atoms with van der Waals surface area (Å²) in [6.45, 7) is 0. The van der Waals surface area contributed by atoms with Gasteiger partial charge in [0.25, 0.3) is 0 Å². The standard InChI is InChI=1S/C22H25N5O/c23-16-8-10-17(11-9-16)27-22-20(21(24)25-14-26-22)15-6-12-19(13-7-15)28-18-4-2-1-3-5-18/h1-7,12-14,16-17H,8-11,23H2,(H3,24,25,26,27). The van der Waals surface area contributed by atoms with E-state index in [1.54, 1.807) is 0 Å². The first-order valence-electron chi connectivity index (χ1n) is 9.65. The van der Waals surface area contributed by atoms with Crippen molar-refractivity contribution in [3.05, 3.63) is 60.9 Å². The number of ether oxygens (including phenoxy) is 1. The third-order valence-corrected chi connectivity index (χ3v) is 5.11. The van der Waals surface area contributed by atoms with Gasteiger partial charge in [-0.25, -0.2) is 9.97 Å². The molecule has 1 fully saturated rings. The lowest BCUT2D eigenvalue weighted by Crippen LogP contribution is -2.33. The minimum Gasteiger partial charge on any atom is -0.457 e. The van der Waals surface area contributed by atoms with E-state index in [9.17, 15) is 0 Å². The van der Waals surface area contributed by atoms with E-state index in [-0.39, 0.29) is 0 Å². The maximum Gasteiger partial charge on any atom is 0.139 e. The molecule has 6 nitrogen and oxygen atoms in total. The highest BCUT2D eigenvalue weighted by molar-refractivity contribution is 5.83. The monoisotopic (exact) mass is 375 g/mol. The van der Waals surface area contributed by atoms with Gasteiger partial charge in [-0.2, -0.15) is 0 Å². The van der Waals surface area contributed by atoms with E-state index in [1.807, 2.05) is 54.6 Å². The summed E-state index contributed by atoms with van der Waals surface area (Å²) in [5.74, 6) is 2.79. The molecule has 0 saturated heterocycles. The van der Waals surface area contributed by atoms with Crippen molar-refractivity contribution in [2.24, 2.45) is 5.73 Å². The second kappa shape index (κ2) is 8.27. The maximum atomic E-state index is 6.20. The Kier molecular flexibility index (Phi) is 5.39. The normalized spacial score (nSPS) is 19.2. The maximum absolute atomic E-state index is 6.20. The zero-order valence-electron chi connectivity index (χ0n) is 15.7. The Bertz CT molecular complexity index is 906. The highest BCUT2D eigenvalue weighted by Gasteiger charge is 2.21. The Morgan fingerprint density at radius 1 is 0.857 bits per heavy atom. The highest BCUT2D eigenvalue weighted by Crippen LogP contribution is 2.34. The Hall–Kier alpha value is -3.12. The fourth-order valence-electron chi connectivity index (χ4n) is 3.56. The van der Waals surface area contributed by atoms with E-state index >= 15 is 0 Å². The van der Waals surface area contributed by atoms with Crippen LogP contribution in [0.4, 0.5) is 11.6 Å². The van der Waals surface area contributed by atoms with Gasteiger partial charge < -0.3 is 21.5 Å². The van der Waals surface area contributed by atoms with Crippen molar-refractivity contribution in [3.8, 4) is 22.6 Å². The molecule has 6 heteroatoms. The van der Waals surface area contributed by atoms with Gasteiger partial charge in [-0.05, 0) is 55.5 Å². The molecule has 5 N–H and O–H groups in total. The SMILES string of the molecule is Nc1ncnc(NC2CCC(N)CC2)c1-c1ccc(Oc2ccccc2)cc1. The van der Waals surface area contributed by atoms with Gasteiger partial charge in [-0.15, -0.1) is 0 Å². The number of nitrogens with one attached hydrogen (secondary N) is 1. The lowest BCUT2D eigenvalue weighted by atomic mass is 9.91. The van der Waals surface area contributed by atoms with E-state index in [2.05, 4.69) is 15.3 Å². The number of para-hydroxylation sites is 1. The molecule has 0 aliphatic heterocycles. The summed E-state index contributed by atoms with van der Waals surface area (Å²) in [4.78, 5) is 8.64. The van der Waals surface area contributed by atoms with Crippen LogP contribution < -0.4 is 21.5 Å². The third-order valence-electron chi connectivity index (χ3n) is 5.11. The minimum absolute atomic E-state index is 0.310. The van der Waals surface area contributed by atoms with Crippen LogP contribution in [0, 0.1) is 0 Å². The van der Waals surface area contributed by atoms with Gasteiger partial charge in [-0.1, -0.05) is 30.3 Å². The van der Waals surface area contributed by atoms with Crippen LogP contribution in [0.1, 0.15) is 25.7 Å². The lowest BCUT2D eigenvalue weighted by Gasteiger charge is -2.28. The van der Waals surface area contributed by atoms with Crippen molar-refractivity contribution in [3.63, 3.8) is 0 Å². The molecule has 3 aromatic rings. The molecule has 0 amide bonds. The Labute approximate surface area is 165 Å². The van der Waals surface area contributed by atoms with Gasteiger partial charge in [0.05, 0.1) is 5.56 Å². The summed E-state index contributed by atoms with van der Waals surface area (Å²) >= 11 is 0. The topological polar surface area (TPSA) is 99.1 Å². The molecule has 1 aromatic heterocycles. The molecule has 0 radical (unpaired) electrons. The Morgan fingerprint density at radius 2 is 1.54 bits per heavy atom. The second-order valence-corrected chi connectivity index (χ2v) is 7.18. The van der Waals surface area contributed by atoms with Crippen LogP contribution >= 0.6 is 0 Å². The predicted molar refractivity (Wildman–Crippen MR) is 112 cm³/mol. The van der Waals surface area contributed by atoms with Gasteiger partial charge in [-0.3, -0.25) is 0 Å². The molecule has 28 heavy (non-hydrogen) atoms. The molecule has 0 unspecified atom stereocenters. The van der Waals surface area contributed by atoms with Crippen LogP contribution in [0.15, 0.2) is 60.9 Å². The van der Waals surface area contributed by atoms with Crippen molar-refractivity contribution in [2.75, 3.05) is 11.1 Å². The number of rotatable bonds is 5. The fourth-order valence-corrected chi connectivity index (χ4v) is 3.56. The molecule has 1 heterocycles. The number of nitrogen functional groups attached to an aromatic ring is 1. The molecule has 0 bridgehead atoms. The lowest BCUT2D eigenvalue weighted by molar-refractivity contribution is 0.410. The van der Waals surface area contributed by atoms with Crippen LogP contribution in [0.2, 0.25) is 0 Å². The van der Waals surface area contributed by atoms with Crippen molar-refractivity contribution < 1.29 is 4.74 Å². The van der Waals surface area contributed by atoms with Crippen molar-refractivity contribution >= 4 is 11.6 Å². The average molecular weight is 375 g/mol. The van der Waals surface area contributed by atoms with Crippen LogP contribution in [-0.2, 0) is 0 Å². The van der Waals surface area contributed by atoms with Gasteiger partial charge in [0.15, 0.2) is 0 Å². The second-order valence-electron chi connectivity index (χ2n) is 7.18. The molecular weight excluding hydrogens is 350 g/mol. The Balaban J connectivity index is 1.55. The first kappa shape index (κ1) is 18.3. The number of aromatic nitrogens is 2. The molecule has 2 aromatic carbocycles. The highest BCUT2D eigenvalue weighted by atomic mass is 16.5. The van der Waals surface area contributed by atoms with Gasteiger partial charge in [0, 0.05) is 12.1 Å². The summed E-state index contributed by atoms with van der Waals surface area (Å²) in [5, 5.41) is 3.55. The fraction of sp³-hybridized carbons (Fsp3) is 0.273. The molecule has 1 saturated carbocycles. The van der Waals surface area contributed by atoms with Crippen LogP contribution in [0.3, 0.4) is 0 Å². The zero-order chi connectivity index (χ0) is 19.3. The number of hydrogen-bond donors (Lipinski definition) is 3. The number of hydrogen-bond acceptors (Lipinski definition) is 6. The molecule has 1 aliphatic carbocycles. The summed E-state index contributed by atoms with van der Waals surface area (Å²) in [7, 11) is 0. The number of nitrogens with zero attached hydrogens (tertiary/aromatic N) is 2. The first-order valence-corrected chi connectivity index (χ1v) is 9.65. The largest absolute Gasteiger partial charge is 0.457 e. The van der Waals surface area contributed by atoms with Crippen molar-refractivity contribution in [2.45, 2.75) is 37.8 Å². The zero-order valence-corrected chi connectivity index (χ0v) is 15.7. The minimum atomic E-state index is 0.310. The van der Waals surface area contributed by atoms with Crippen molar-refractivity contribution in [1.29, 1.82) is 0 Å². The quantitative estimate of drug-likeness (QED) is 0.618. The van der Waals surface area contributed by atoms with Gasteiger partial charge in [0.1, 0.15) is 29.5 Å². The van der Waals surface area contributed by atoms with Crippen LogP contribution in [0.25, 0.3) is 11.1 Å². The number of benzene rings is 2. The summed E-state index contributed by atoms with van der Waals surface area (Å²) in [5.41, 5.74) is 14.0. The number of anilines is 2.